The Kier molecular flexibility index (Phi) is 3.47. The lowest BCUT2D eigenvalue weighted by molar-refractivity contribution is 0.0399. The van der Waals surface area contributed by atoms with E-state index >= 15 is 0 Å². The Morgan fingerprint density at radius 3 is 2.67 bits per heavy atom. The van der Waals surface area contributed by atoms with Gasteiger partial charge in [-0.2, -0.15) is 0 Å². The third kappa shape index (κ3) is 2.43. The second-order valence-electron chi connectivity index (χ2n) is 4.45. The molecule has 1 heterocycles. The summed E-state index contributed by atoms with van der Waals surface area (Å²) in [5, 5.41) is 9.01. The molecule has 6 heteroatoms. The first kappa shape index (κ1) is 12.8. The summed E-state index contributed by atoms with van der Waals surface area (Å²) in [5.41, 5.74) is 6.05. The monoisotopic (exact) mass is 251 g/mol. The number of aryl methyl sites for hydroxylation is 1. The number of nitrogens with zero attached hydrogens (tertiary/aromatic N) is 2. The van der Waals surface area contributed by atoms with Crippen molar-refractivity contribution in [2.45, 2.75) is 32.8 Å². The first-order valence-electron chi connectivity index (χ1n) is 6.03. The van der Waals surface area contributed by atoms with Crippen LogP contribution in [0.2, 0.25) is 0 Å². The Morgan fingerprint density at radius 1 is 1.56 bits per heavy atom. The number of aromatic carboxylic acids is 1. The molecule has 0 bridgehead atoms. The fraction of sp³-hybridized carbons (Fsp3) is 0.583. The van der Waals surface area contributed by atoms with Crippen LogP contribution in [0.4, 0.5) is 5.82 Å². The Balaban J connectivity index is 2.36. The van der Waals surface area contributed by atoms with Gasteiger partial charge in [-0.05, 0) is 32.6 Å². The topological polar surface area (TPSA) is 98.3 Å². The van der Waals surface area contributed by atoms with E-state index in [1.807, 2.05) is 6.92 Å². The third-order valence-electron chi connectivity index (χ3n) is 3.00. The van der Waals surface area contributed by atoms with Gasteiger partial charge in [-0.25, -0.2) is 14.8 Å². The maximum Gasteiger partial charge on any atom is 0.341 e. The van der Waals surface area contributed by atoms with E-state index in [-0.39, 0.29) is 17.5 Å². The molecule has 0 radical (unpaired) electrons. The second-order valence-corrected chi connectivity index (χ2v) is 4.45. The van der Waals surface area contributed by atoms with E-state index in [0.717, 1.165) is 12.8 Å². The van der Waals surface area contributed by atoms with Gasteiger partial charge in [-0.15, -0.1) is 0 Å². The van der Waals surface area contributed by atoms with Gasteiger partial charge in [0.15, 0.2) is 5.82 Å². The van der Waals surface area contributed by atoms with Crippen molar-refractivity contribution in [3.8, 4) is 0 Å². The highest BCUT2D eigenvalue weighted by Crippen LogP contribution is 2.42. The molecule has 0 saturated heterocycles. The number of nitrogen functional groups attached to an aromatic ring is 1. The largest absolute Gasteiger partial charge is 0.477 e. The smallest absolute Gasteiger partial charge is 0.341 e. The lowest BCUT2D eigenvalue weighted by Gasteiger charge is -2.16. The molecule has 2 rings (SSSR count). The van der Waals surface area contributed by atoms with E-state index in [9.17, 15) is 4.79 Å². The molecule has 98 valence electrons. The molecule has 0 aromatic carbocycles. The van der Waals surface area contributed by atoms with Crippen molar-refractivity contribution in [2.24, 2.45) is 5.92 Å². The number of carboxylic acid groups (broad SMARTS) is 1. The molecular formula is C12H17N3O3. The summed E-state index contributed by atoms with van der Waals surface area (Å²) in [7, 11) is 0. The van der Waals surface area contributed by atoms with E-state index < -0.39 is 5.97 Å². The van der Waals surface area contributed by atoms with Crippen LogP contribution in [0, 0.1) is 12.8 Å². The standard InChI is InChI=1S/C12H17N3O3/c1-3-18-9(7-4-5-7)11-14-6(2)8(12(16)17)10(13)15-11/h7,9H,3-5H2,1-2H3,(H,16,17)(H2,13,14,15). The number of rotatable bonds is 5. The molecule has 0 spiro atoms. The number of ether oxygens (including phenoxy) is 1. The molecule has 1 atom stereocenters. The molecule has 18 heavy (non-hydrogen) atoms. The van der Waals surface area contributed by atoms with Gasteiger partial charge in [0.2, 0.25) is 0 Å². The van der Waals surface area contributed by atoms with Gasteiger partial charge in [0.25, 0.3) is 0 Å². The van der Waals surface area contributed by atoms with E-state index in [1.54, 1.807) is 6.92 Å². The molecule has 1 fully saturated rings. The van der Waals surface area contributed by atoms with Gasteiger partial charge in [0.05, 0.1) is 5.69 Å². The molecule has 0 aliphatic heterocycles. The van der Waals surface area contributed by atoms with Gasteiger partial charge in [-0.3, -0.25) is 0 Å². The second kappa shape index (κ2) is 4.89. The number of nitrogens with two attached hydrogens (primary N) is 1. The summed E-state index contributed by atoms with van der Waals surface area (Å²) >= 11 is 0. The zero-order valence-corrected chi connectivity index (χ0v) is 10.5. The molecule has 1 aromatic rings. The fourth-order valence-electron chi connectivity index (χ4n) is 2.01. The summed E-state index contributed by atoms with van der Waals surface area (Å²) in [6, 6.07) is 0. The van der Waals surface area contributed by atoms with Crippen molar-refractivity contribution in [3.63, 3.8) is 0 Å². The number of anilines is 1. The van der Waals surface area contributed by atoms with Crippen molar-refractivity contribution < 1.29 is 14.6 Å². The van der Waals surface area contributed by atoms with E-state index in [0.29, 0.717) is 24.0 Å². The van der Waals surface area contributed by atoms with Crippen molar-refractivity contribution in [2.75, 3.05) is 12.3 Å². The Morgan fingerprint density at radius 2 is 2.22 bits per heavy atom. The van der Waals surface area contributed by atoms with Crippen molar-refractivity contribution in [3.05, 3.63) is 17.1 Å². The molecule has 1 aliphatic carbocycles. The SMILES string of the molecule is CCOC(c1nc(C)c(C(=O)O)c(N)n1)C1CC1. The van der Waals surface area contributed by atoms with Crippen LogP contribution in [0.15, 0.2) is 0 Å². The molecule has 1 aromatic heterocycles. The predicted molar refractivity (Wildman–Crippen MR) is 65.2 cm³/mol. The van der Waals surface area contributed by atoms with Crippen LogP contribution in [-0.4, -0.2) is 27.7 Å². The average Bonchev–Trinajstić information content (AvgIpc) is 3.07. The first-order valence-corrected chi connectivity index (χ1v) is 6.03. The van der Waals surface area contributed by atoms with E-state index in [4.69, 9.17) is 15.6 Å². The summed E-state index contributed by atoms with van der Waals surface area (Å²) in [6.07, 6.45) is 2.01. The molecule has 1 aliphatic rings. The van der Waals surface area contributed by atoms with Gasteiger partial charge >= 0.3 is 5.97 Å². The summed E-state index contributed by atoms with van der Waals surface area (Å²) in [5.74, 6) is -0.162. The molecule has 3 N–H and O–H groups in total. The van der Waals surface area contributed by atoms with Crippen molar-refractivity contribution in [1.29, 1.82) is 0 Å². The average molecular weight is 251 g/mol. The zero-order chi connectivity index (χ0) is 13.3. The lowest BCUT2D eigenvalue weighted by Crippen LogP contribution is -2.16. The Labute approximate surface area is 105 Å². The predicted octanol–water partition coefficient (Wildman–Crippen LogP) is 1.55. The van der Waals surface area contributed by atoms with E-state index in [2.05, 4.69) is 9.97 Å². The maximum atomic E-state index is 11.0. The highest BCUT2D eigenvalue weighted by molar-refractivity contribution is 5.93. The van der Waals surface area contributed by atoms with Gasteiger partial charge in [-0.1, -0.05) is 0 Å². The van der Waals surface area contributed by atoms with Crippen LogP contribution < -0.4 is 5.73 Å². The Hall–Kier alpha value is -1.69. The third-order valence-corrected chi connectivity index (χ3v) is 3.00. The minimum atomic E-state index is -1.10. The van der Waals surface area contributed by atoms with Crippen LogP contribution in [0.25, 0.3) is 0 Å². The highest BCUT2D eigenvalue weighted by Gasteiger charge is 2.35. The Bertz CT molecular complexity index is 449. The highest BCUT2D eigenvalue weighted by atomic mass is 16.5. The maximum absolute atomic E-state index is 11.0. The quantitative estimate of drug-likeness (QED) is 0.823. The number of carboxylic acids is 1. The van der Waals surface area contributed by atoms with Crippen LogP contribution in [-0.2, 0) is 4.74 Å². The van der Waals surface area contributed by atoms with Crippen LogP contribution in [0.1, 0.15) is 47.7 Å². The van der Waals surface area contributed by atoms with Gasteiger partial charge in [0, 0.05) is 6.61 Å². The van der Waals surface area contributed by atoms with Crippen LogP contribution in [0.5, 0.6) is 0 Å². The first-order chi connectivity index (χ1) is 8.54. The van der Waals surface area contributed by atoms with Crippen molar-refractivity contribution >= 4 is 11.8 Å². The number of hydrogen-bond donors (Lipinski definition) is 2. The molecule has 0 amide bonds. The van der Waals surface area contributed by atoms with Crippen molar-refractivity contribution in [1.82, 2.24) is 9.97 Å². The fourth-order valence-corrected chi connectivity index (χ4v) is 2.01. The summed E-state index contributed by atoms with van der Waals surface area (Å²) < 4.78 is 5.63. The number of carbonyl (C=O) groups is 1. The zero-order valence-electron chi connectivity index (χ0n) is 10.5. The minimum Gasteiger partial charge on any atom is -0.477 e. The lowest BCUT2D eigenvalue weighted by atomic mass is 10.1. The molecule has 1 unspecified atom stereocenters. The van der Waals surface area contributed by atoms with Gasteiger partial charge < -0.3 is 15.6 Å². The minimum absolute atomic E-state index is 0.00959. The van der Waals surface area contributed by atoms with Crippen LogP contribution >= 0.6 is 0 Å². The van der Waals surface area contributed by atoms with Gasteiger partial charge in [0.1, 0.15) is 17.5 Å². The normalized spacial score (nSPS) is 16.6. The molecular weight excluding hydrogens is 234 g/mol. The molecule has 6 nitrogen and oxygen atoms in total. The number of hydrogen-bond acceptors (Lipinski definition) is 5. The number of aromatic nitrogens is 2. The molecule has 1 saturated carbocycles. The van der Waals surface area contributed by atoms with Crippen LogP contribution in [0.3, 0.4) is 0 Å². The summed E-state index contributed by atoms with van der Waals surface area (Å²) in [4.78, 5) is 19.3. The van der Waals surface area contributed by atoms with E-state index in [1.165, 1.54) is 0 Å². The summed E-state index contributed by atoms with van der Waals surface area (Å²) in [6.45, 7) is 4.11.